The summed E-state index contributed by atoms with van der Waals surface area (Å²) < 4.78 is 8.46. The van der Waals surface area contributed by atoms with Crippen LogP contribution in [-0.2, 0) is 11.3 Å². The van der Waals surface area contributed by atoms with E-state index >= 15 is 0 Å². The Morgan fingerprint density at radius 3 is 3.00 bits per heavy atom. The minimum Gasteiger partial charge on any atom is -0.383 e. The third-order valence-electron chi connectivity index (χ3n) is 4.14. The zero-order chi connectivity index (χ0) is 14.4. The lowest BCUT2D eigenvalue weighted by Crippen LogP contribution is -2.30. The van der Waals surface area contributed by atoms with Gasteiger partial charge in [0.1, 0.15) is 0 Å². The summed E-state index contributed by atoms with van der Waals surface area (Å²) in [7, 11) is 1.74. The van der Waals surface area contributed by atoms with E-state index in [4.69, 9.17) is 4.74 Å². The van der Waals surface area contributed by atoms with Crippen LogP contribution < -0.4 is 5.32 Å². The van der Waals surface area contributed by atoms with Gasteiger partial charge in [-0.25, -0.2) is 0 Å². The fraction of sp³-hybridized carbons (Fsp3) is 0.800. The van der Waals surface area contributed by atoms with Crippen molar-refractivity contribution >= 4 is 15.9 Å². The van der Waals surface area contributed by atoms with E-state index in [1.165, 1.54) is 37.8 Å². The maximum atomic E-state index is 5.19. The van der Waals surface area contributed by atoms with Gasteiger partial charge in [-0.3, -0.25) is 4.68 Å². The Labute approximate surface area is 130 Å². The molecule has 0 amide bonds. The molecule has 0 bridgehead atoms. The molecule has 1 fully saturated rings. The van der Waals surface area contributed by atoms with Crippen LogP contribution in [0.15, 0.2) is 10.7 Å². The van der Waals surface area contributed by atoms with E-state index in [2.05, 4.69) is 38.0 Å². The summed E-state index contributed by atoms with van der Waals surface area (Å²) in [5.74, 6) is 0.593. The molecule has 20 heavy (non-hydrogen) atoms. The van der Waals surface area contributed by atoms with Gasteiger partial charge >= 0.3 is 0 Å². The molecule has 1 aliphatic carbocycles. The molecule has 1 saturated carbocycles. The molecule has 0 spiro atoms. The van der Waals surface area contributed by atoms with Crippen LogP contribution in [0.2, 0.25) is 0 Å². The fourth-order valence-corrected chi connectivity index (χ4v) is 3.84. The molecule has 2 rings (SSSR count). The molecule has 1 aliphatic rings. The number of hydrogen-bond acceptors (Lipinski definition) is 3. The van der Waals surface area contributed by atoms with Crippen molar-refractivity contribution in [2.75, 3.05) is 20.3 Å². The summed E-state index contributed by atoms with van der Waals surface area (Å²) in [5.41, 5.74) is 1.35. The molecule has 2 unspecified atom stereocenters. The Kier molecular flexibility index (Phi) is 6.52. The molecule has 1 aromatic rings. The van der Waals surface area contributed by atoms with Crippen molar-refractivity contribution in [1.82, 2.24) is 15.1 Å². The zero-order valence-corrected chi connectivity index (χ0v) is 14.2. The topological polar surface area (TPSA) is 39.1 Å². The molecule has 1 N–H and O–H groups in total. The van der Waals surface area contributed by atoms with Crippen molar-refractivity contribution in [1.29, 1.82) is 0 Å². The highest BCUT2D eigenvalue weighted by Gasteiger charge is 2.25. The van der Waals surface area contributed by atoms with E-state index in [9.17, 15) is 0 Å². The first kappa shape index (κ1) is 16.0. The van der Waals surface area contributed by atoms with Crippen molar-refractivity contribution in [3.63, 3.8) is 0 Å². The normalized spacial score (nSPS) is 23.8. The molecule has 4 nitrogen and oxygen atoms in total. The highest BCUT2D eigenvalue weighted by atomic mass is 79.9. The van der Waals surface area contributed by atoms with Crippen LogP contribution in [0.1, 0.15) is 50.6 Å². The average molecular weight is 344 g/mol. The predicted octanol–water partition coefficient (Wildman–Crippen LogP) is 3.32. The Hall–Kier alpha value is -0.390. The first-order valence-electron chi connectivity index (χ1n) is 7.69. The van der Waals surface area contributed by atoms with Crippen molar-refractivity contribution in [3.05, 3.63) is 16.4 Å². The second kappa shape index (κ2) is 8.15. The van der Waals surface area contributed by atoms with Crippen LogP contribution in [0.25, 0.3) is 0 Å². The Morgan fingerprint density at radius 1 is 1.45 bits per heavy atom. The summed E-state index contributed by atoms with van der Waals surface area (Å²) in [5, 5.41) is 8.13. The van der Waals surface area contributed by atoms with E-state index in [-0.39, 0.29) is 0 Å². The van der Waals surface area contributed by atoms with Gasteiger partial charge in [-0.2, -0.15) is 5.10 Å². The van der Waals surface area contributed by atoms with Crippen LogP contribution in [0.3, 0.4) is 0 Å². The van der Waals surface area contributed by atoms with Gasteiger partial charge in [-0.15, -0.1) is 0 Å². The van der Waals surface area contributed by atoms with Crippen LogP contribution >= 0.6 is 15.9 Å². The largest absolute Gasteiger partial charge is 0.383 e. The molecule has 1 heterocycles. The summed E-state index contributed by atoms with van der Waals surface area (Å²) in [6.45, 7) is 4.80. The van der Waals surface area contributed by atoms with Gasteiger partial charge in [0.2, 0.25) is 0 Å². The number of ether oxygens (including phenoxy) is 1. The Morgan fingerprint density at radius 2 is 2.25 bits per heavy atom. The van der Waals surface area contributed by atoms with Crippen LogP contribution in [-0.4, -0.2) is 36.1 Å². The second-order valence-corrected chi connectivity index (χ2v) is 6.42. The molecule has 0 aliphatic heterocycles. The van der Waals surface area contributed by atoms with Gasteiger partial charge in [0.05, 0.1) is 29.5 Å². The predicted molar refractivity (Wildman–Crippen MR) is 85.1 cm³/mol. The Balaban J connectivity index is 2.13. The van der Waals surface area contributed by atoms with Crippen LogP contribution in [0, 0.1) is 0 Å². The van der Waals surface area contributed by atoms with Gasteiger partial charge in [0, 0.05) is 19.1 Å². The third-order valence-corrected chi connectivity index (χ3v) is 4.76. The summed E-state index contributed by atoms with van der Waals surface area (Å²) >= 11 is 3.68. The molecule has 2 atom stereocenters. The number of rotatable bonds is 6. The highest BCUT2D eigenvalue weighted by molar-refractivity contribution is 9.10. The van der Waals surface area contributed by atoms with E-state index in [1.807, 2.05) is 6.20 Å². The summed E-state index contributed by atoms with van der Waals surface area (Å²) in [6, 6.07) is 0.644. The van der Waals surface area contributed by atoms with Gasteiger partial charge in [0.25, 0.3) is 0 Å². The van der Waals surface area contributed by atoms with Gasteiger partial charge in [-0.1, -0.05) is 19.8 Å². The molecule has 0 aromatic carbocycles. The first-order valence-corrected chi connectivity index (χ1v) is 8.49. The summed E-state index contributed by atoms with van der Waals surface area (Å²) in [4.78, 5) is 0. The van der Waals surface area contributed by atoms with E-state index in [0.717, 1.165) is 17.6 Å². The van der Waals surface area contributed by atoms with Crippen LogP contribution in [0.5, 0.6) is 0 Å². The minimum atomic E-state index is 0.593. The SMILES string of the molecule is CCNC1CCCCC(c2c(Br)cnn2CCOC)C1. The number of nitrogens with one attached hydrogen (secondary N) is 1. The molecular weight excluding hydrogens is 318 g/mol. The third kappa shape index (κ3) is 4.06. The lowest BCUT2D eigenvalue weighted by atomic mass is 9.94. The average Bonchev–Trinajstić information content (AvgIpc) is 2.66. The van der Waals surface area contributed by atoms with Gasteiger partial charge < -0.3 is 10.1 Å². The maximum Gasteiger partial charge on any atom is 0.0658 e. The summed E-state index contributed by atoms with van der Waals surface area (Å²) in [6.07, 6.45) is 8.35. The molecule has 1 aromatic heterocycles. The monoisotopic (exact) mass is 343 g/mol. The number of aromatic nitrogens is 2. The lowest BCUT2D eigenvalue weighted by Gasteiger charge is -2.22. The number of methoxy groups -OCH3 is 1. The molecule has 0 saturated heterocycles. The van der Waals surface area contributed by atoms with Crippen molar-refractivity contribution in [2.24, 2.45) is 0 Å². The van der Waals surface area contributed by atoms with Crippen LogP contribution in [0.4, 0.5) is 0 Å². The smallest absolute Gasteiger partial charge is 0.0658 e. The zero-order valence-electron chi connectivity index (χ0n) is 12.6. The van der Waals surface area contributed by atoms with Crippen molar-refractivity contribution < 1.29 is 4.74 Å². The number of halogens is 1. The van der Waals surface area contributed by atoms with Crippen molar-refractivity contribution in [2.45, 2.75) is 57.5 Å². The second-order valence-electron chi connectivity index (χ2n) is 5.57. The first-order chi connectivity index (χ1) is 9.76. The number of nitrogens with zero attached hydrogens (tertiary/aromatic N) is 2. The van der Waals surface area contributed by atoms with E-state index in [1.54, 1.807) is 7.11 Å². The van der Waals surface area contributed by atoms with Gasteiger partial charge in [-0.05, 0) is 41.7 Å². The minimum absolute atomic E-state index is 0.593. The van der Waals surface area contributed by atoms with E-state index < -0.39 is 0 Å². The maximum absolute atomic E-state index is 5.19. The quantitative estimate of drug-likeness (QED) is 0.805. The fourth-order valence-electron chi connectivity index (χ4n) is 3.22. The van der Waals surface area contributed by atoms with Gasteiger partial charge in [0.15, 0.2) is 0 Å². The lowest BCUT2D eigenvalue weighted by molar-refractivity contribution is 0.181. The number of hydrogen-bond donors (Lipinski definition) is 1. The van der Waals surface area contributed by atoms with Crippen molar-refractivity contribution in [3.8, 4) is 0 Å². The molecule has 0 radical (unpaired) electrons. The molecular formula is C15H26BrN3O. The standard InChI is InChI=1S/C15H26BrN3O/c1-3-17-13-7-5-4-6-12(10-13)15-14(16)11-18-19(15)8-9-20-2/h11-13,17H,3-10H2,1-2H3. The molecule has 5 heteroatoms. The van der Waals surface area contributed by atoms with E-state index in [0.29, 0.717) is 18.6 Å². The highest BCUT2D eigenvalue weighted by Crippen LogP contribution is 2.35. The molecule has 114 valence electrons. The Bertz CT molecular complexity index is 408.